The van der Waals surface area contributed by atoms with Crippen LogP contribution in [0.15, 0.2) is 21.8 Å². The highest BCUT2D eigenvalue weighted by atomic mass is 35.5. The molecule has 1 N–H and O–H groups in total. The van der Waals surface area contributed by atoms with E-state index in [9.17, 15) is 9.00 Å². The Balaban J connectivity index is 2.71. The number of benzene rings is 1. The molecule has 0 saturated heterocycles. The third-order valence-electron chi connectivity index (χ3n) is 3.32. The Morgan fingerprint density at radius 3 is 2.52 bits per heavy atom. The van der Waals surface area contributed by atoms with Gasteiger partial charge in [-0.15, -0.1) is 0 Å². The molecule has 1 aromatic heterocycles. The van der Waals surface area contributed by atoms with Gasteiger partial charge in [0, 0.05) is 30.7 Å². The van der Waals surface area contributed by atoms with E-state index in [0.29, 0.717) is 25.5 Å². The van der Waals surface area contributed by atoms with Crippen molar-refractivity contribution in [2.75, 3.05) is 20.8 Å². The molecule has 0 amide bonds. The van der Waals surface area contributed by atoms with Gasteiger partial charge in [-0.2, -0.15) is 0 Å². The number of hydrogen-bond donors (Lipinski definition) is 1. The lowest BCUT2D eigenvalue weighted by molar-refractivity contribution is 0.613. The molecule has 0 aliphatic carbocycles. The Kier molecular flexibility index (Phi) is 6.33. The summed E-state index contributed by atoms with van der Waals surface area (Å²) in [4.78, 5) is 14.7. The number of aromatic amines is 1. The highest BCUT2D eigenvalue weighted by Gasteiger charge is 2.14. The summed E-state index contributed by atoms with van der Waals surface area (Å²) in [7, 11) is 1.15. The van der Waals surface area contributed by atoms with Crippen molar-refractivity contribution >= 4 is 59.6 Å². The fourth-order valence-electron chi connectivity index (χ4n) is 2.12. The van der Waals surface area contributed by atoms with Crippen LogP contribution in [-0.2, 0) is 10.8 Å². The summed E-state index contributed by atoms with van der Waals surface area (Å²) in [5, 5.41) is 6.22. The molecule has 134 valence electrons. The fourth-order valence-corrected chi connectivity index (χ4v) is 4.50. The zero-order chi connectivity index (χ0) is 18.9. The van der Waals surface area contributed by atoms with Crippen LogP contribution in [0.2, 0.25) is 10.0 Å². The van der Waals surface area contributed by atoms with E-state index in [1.165, 1.54) is 9.86 Å². The molecular weight excluding hydrogens is 400 g/mol. The number of aryl methyl sites for hydroxylation is 1. The van der Waals surface area contributed by atoms with Crippen molar-refractivity contribution < 1.29 is 4.21 Å². The molecule has 0 saturated carbocycles. The van der Waals surface area contributed by atoms with Crippen LogP contribution in [0.5, 0.6) is 0 Å². The van der Waals surface area contributed by atoms with E-state index in [-0.39, 0.29) is 5.56 Å². The van der Waals surface area contributed by atoms with E-state index in [1.807, 2.05) is 27.7 Å². The van der Waals surface area contributed by atoms with Gasteiger partial charge in [-0.25, -0.2) is 4.21 Å². The predicted molar refractivity (Wildman–Crippen MR) is 110 cm³/mol. The van der Waals surface area contributed by atoms with Crippen LogP contribution in [0, 0.1) is 6.92 Å². The maximum atomic E-state index is 12.8. The van der Waals surface area contributed by atoms with Gasteiger partial charge in [0.25, 0.3) is 0 Å². The van der Waals surface area contributed by atoms with Gasteiger partial charge in [-0.3, -0.25) is 9.89 Å². The number of nitrogens with zero attached hydrogens (tertiary/aromatic N) is 2. The van der Waals surface area contributed by atoms with Gasteiger partial charge < -0.3 is 4.90 Å². The second-order valence-corrected chi connectivity index (χ2v) is 9.55. The molecule has 0 radical (unpaired) electrons. The predicted octanol–water partition coefficient (Wildman–Crippen LogP) is 1.94. The van der Waals surface area contributed by atoms with Gasteiger partial charge in [-0.1, -0.05) is 27.7 Å². The summed E-state index contributed by atoms with van der Waals surface area (Å²) in [6.45, 7) is 3.67. The largest absolute Gasteiger partial charge is 0.383 e. The minimum Gasteiger partial charge on any atom is -0.383 e. The van der Waals surface area contributed by atoms with E-state index in [4.69, 9.17) is 23.2 Å². The molecule has 2 aromatic rings. The van der Waals surface area contributed by atoms with Crippen LogP contribution in [0.4, 0.5) is 0 Å². The molecule has 0 spiro atoms. The van der Waals surface area contributed by atoms with Crippen molar-refractivity contribution in [3.8, 4) is 0 Å². The number of aromatic nitrogens is 2. The first kappa shape index (κ1) is 20.0. The van der Waals surface area contributed by atoms with Crippen molar-refractivity contribution in [2.24, 2.45) is 0 Å². The van der Waals surface area contributed by atoms with Crippen LogP contribution >= 0.6 is 30.9 Å². The summed E-state index contributed by atoms with van der Waals surface area (Å²) in [5.74, 6) is 0. The van der Waals surface area contributed by atoms with Gasteiger partial charge in [0.15, 0.2) is 0 Å². The van der Waals surface area contributed by atoms with Crippen LogP contribution < -0.4 is 16.1 Å². The summed E-state index contributed by atoms with van der Waals surface area (Å²) < 4.78 is 14.2. The molecular formula is C16H19Cl2N3O2PS+. The minimum absolute atomic E-state index is 0.195. The van der Waals surface area contributed by atoms with Gasteiger partial charge >= 0.3 is 5.56 Å². The van der Waals surface area contributed by atoms with E-state index in [2.05, 4.69) is 11.4 Å². The molecule has 1 heterocycles. The first-order chi connectivity index (χ1) is 11.6. The van der Waals surface area contributed by atoms with Crippen molar-refractivity contribution in [2.45, 2.75) is 11.8 Å². The third-order valence-corrected chi connectivity index (χ3v) is 6.34. The zero-order valence-corrected chi connectivity index (χ0v) is 17.6. The average Bonchev–Trinajstić information content (AvgIpc) is 2.79. The van der Waals surface area contributed by atoms with E-state index in [1.54, 1.807) is 23.2 Å². The topological polar surface area (TPSA) is 58.1 Å². The molecule has 2 atom stereocenters. The number of rotatable bonds is 4. The summed E-state index contributed by atoms with van der Waals surface area (Å²) >= 11 is 12.2. The number of halogens is 2. The number of hydrogen-bond acceptors (Lipinski definition) is 3. The third kappa shape index (κ3) is 4.45. The summed E-state index contributed by atoms with van der Waals surface area (Å²) in [5.41, 5.74) is 0.586. The van der Waals surface area contributed by atoms with E-state index in [0.717, 1.165) is 5.56 Å². The van der Waals surface area contributed by atoms with Crippen LogP contribution in [0.1, 0.15) is 5.56 Å². The van der Waals surface area contributed by atoms with Crippen molar-refractivity contribution in [3.05, 3.63) is 48.7 Å². The highest BCUT2D eigenvalue weighted by molar-refractivity contribution is 7.92. The smallest absolute Gasteiger partial charge is 0.317 e. The zero-order valence-electron chi connectivity index (χ0n) is 14.3. The minimum atomic E-state index is -1.55. The van der Waals surface area contributed by atoms with Crippen molar-refractivity contribution in [3.63, 3.8) is 0 Å². The molecule has 2 rings (SSSR count). The van der Waals surface area contributed by atoms with Gasteiger partial charge in [0.05, 0.1) is 37.6 Å². The van der Waals surface area contributed by atoms with Crippen LogP contribution in [0.3, 0.4) is 0 Å². The first-order valence-corrected chi connectivity index (χ1v) is 11.1. The second kappa shape index (κ2) is 7.92. The van der Waals surface area contributed by atoms with Gasteiger partial charge in [0.2, 0.25) is 7.70 Å². The number of nitrogens with one attached hydrogen (secondary N) is 1. The van der Waals surface area contributed by atoms with Gasteiger partial charge in [0.1, 0.15) is 6.66 Å². The SMILES string of the molecule is C=[P+](C)n1[nH]/c(=C\S(=O)c2cc(C)c(Cl)cc2Cl)c(=CN(C)C)c1=O. The molecule has 0 fully saturated rings. The van der Waals surface area contributed by atoms with E-state index >= 15 is 0 Å². The van der Waals surface area contributed by atoms with Crippen LogP contribution in [0.25, 0.3) is 11.6 Å². The quantitative estimate of drug-likeness (QED) is 0.771. The van der Waals surface area contributed by atoms with E-state index < -0.39 is 18.5 Å². The molecule has 0 bridgehead atoms. The molecule has 0 aliphatic rings. The Bertz CT molecular complexity index is 1040. The molecule has 0 aliphatic heterocycles. The van der Waals surface area contributed by atoms with Crippen molar-refractivity contribution in [1.29, 1.82) is 0 Å². The fraction of sp³-hybridized carbons (Fsp3) is 0.250. The molecule has 5 nitrogen and oxygen atoms in total. The summed E-state index contributed by atoms with van der Waals surface area (Å²) in [6, 6.07) is 3.26. The highest BCUT2D eigenvalue weighted by Crippen LogP contribution is 2.27. The second-order valence-electron chi connectivity index (χ2n) is 5.75. The lowest BCUT2D eigenvalue weighted by Gasteiger charge is -2.04. The lowest BCUT2D eigenvalue weighted by Crippen LogP contribution is -2.36. The van der Waals surface area contributed by atoms with Crippen LogP contribution in [-0.4, -0.2) is 45.7 Å². The number of H-pyrrole nitrogens is 1. The average molecular weight is 419 g/mol. The van der Waals surface area contributed by atoms with Gasteiger partial charge in [-0.05, 0) is 24.6 Å². The molecule has 25 heavy (non-hydrogen) atoms. The normalized spacial score (nSPS) is 14.7. The Hall–Kier alpha value is -1.33. The lowest BCUT2D eigenvalue weighted by atomic mass is 10.2. The Labute approximate surface area is 159 Å². The monoisotopic (exact) mass is 418 g/mol. The molecule has 1 aromatic carbocycles. The van der Waals surface area contributed by atoms with Crippen molar-refractivity contribution in [1.82, 2.24) is 14.5 Å². The summed E-state index contributed by atoms with van der Waals surface area (Å²) in [6.07, 6.45) is 5.61. The maximum Gasteiger partial charge on any atom is 0.317 e. The molecule has 9 heteroatoms. The standard InChI is InChI=1S/C16H19Cl2N3O2PS/c1-10-6-15(13(18)7-12(10)17)25(23)9-14-11(8-20(2)3)16(22)21(19-14)24(4)5/h6-9,19H,4H2,1-3,5H3/q+1/b11-8?,14-9-. The molecule has 2 unspecified atom stereocenters. The Morgan fingerprint density at radius 2 is 1.96 bits per heavy atom. The maximum absolute atomic E-state index is 12.8. The first-order valence-electron chi connectivity index (χ1n) is 7.23. The Morgan fingerprint density at radius 1 is 1.32 bits per heavy atom.